The molecule has 0 saturated carbocycles. The molecule has 1 atom stereocenters. The van der Waals surface area contributed by atoms with Crippen molar-refractivity contribution in [3.63, 3.8) is 0 Å². The zero-order valence-electron chi connectivity index (χ0n) is 14.3. The molecule has 5 nitrogen and oxygen atoms in total. The van der Waals surface area contributed by atoms with Crippen molar-refractivity contribution in [2.75, 3.05) is 0 Å². The second kappa shape index (κ2) is 7.87. The van der Waals surface area contributed by atoms with Crippen LogP contribution in [0.2, 0.25) is 20.1 Å². The molecule has 3 N–H and O–H groups in total. The maximum absolute atomic E-state index is 13.0. The Morgan fingerprint density at radius 2 is 1.34 bits per heavy atom. The van der Waals surface area contributed by atoms with Gasteiger partial charge in [-0.2, -0.15) is 8.42 Å². The van der Waals surface area contributed by atoms with Crippen LogP contribution in [0.15, 0.2) is 54.6 Å². The second-order valence-corrected chi connectivity index (χ2v) is 9.27. The van der Waals surface area contributed by atoms with Crippen LogP contribution in [-0.4, -0.2) is 23.2 Å². The summed E-state index contributed by atoms with van der Waals surface area (Å²) in [6.07, 6.45) is 0. The number of phenols is 2. The average molecular weight is 494 g/mol. The summed E-state index contributed by atoms with van der Waals surface area (Å²) < 4.78 is 33.9. The lowest BCUT2D eigenvalue weighted by Gasteiger charge is -2.34. The molecule has 152 valence electrons. The van der Waals surface area contributed by atoms with Crippen molar-refractivity contribution >= 4 is 56.5 Å². The molecule has 0 saturated heterocycles. The SMILES string of the molecule is O=S(=O)(O)C(c1ccccc1O)(c1cc(Cl)cc(Cl)c1O)c1c(Cl)cccc1Cl. The lowest BCUT2D eigenvalue weighted by atomic mass is 9.82. The molecule has 0 radical (unpaired) electrons. The van der Waals surface area contributed by atoms with Crippen LogP contribution >= 0.6 is 46.4 Å². The summed E-state index contributed by atoms with van der Waals surface area (Å²) in [6, 6.07) is 11.8. The first-order chi connectivity index (χ1) is 13.5. The minimum Gasteiger partial charge on any atom is -0.508 e. The highest BCUT2D eigenvalue weighted by molar-refractivity contribution is 7.87. The Kier molecular flexibility index (Phi) is 5.98. The van der Waals surface area contributed by atoms with Crippen molar-refractivity contribution in [2.24, 2.45) is 0 Å². The van der Waals surface area contributed by atoms with E-state index in [9.17, 15) is 23.2 Å². The highest BCUT2D eigenvalue weighted by atomic mass is 35.5. The summed E-state index contributed by atoms with van der Waals surface area (Å²) >= 11 is 24.7. The molecule has 10 heteroatoms. The van der Waals surface area contributed by atoms with Gasteiger partial charge in [-0.15, -0.1) is 0 Å². The van der Waals surface area contributed by atoms with E-state index in [1.54, 1.807) is 0 Å². The van der Waals surface area contributed by atoms with Crippen molar-refractivity contribution in [1.29, 1.82) is 0 Å². The molecule has 29 heavy (non-hydrogen) atoms. The molecule has 0 bridgehead atoms. The predicted molar refractivity (Wildman–Crippen MR) is 114 cm³/mol. The monoisotopic (exact) mass is 492 g/mol. The van der Waals surface area contributed by atoms with Gasteiger partial charge in [0.2, 0.25) is 0 Å². The highest BCUT2D eigenvalue weighted by Gasteiger charge is 2.54. The van der Waals surface area contributed by atoms with E-state index in [-0.39, 0.29) is 31.2 Å². The Morgan fingerprint density at radius 3 is 1.90 bits per heavy atom. The lowest BCUT2D eigenvalue weighted by Crippen LogP contribution is -2.39. The molecule has 0 fully saturated rings. The normalized spacial score (nSPS) is 13.8. The summed E-state index contributed by atoms with van der Waals surface area (Å²) in [5, 5.41) is 20.6. The van der Waals surface area contributed by atoms with E-state index in [1.807, 2.05) is 0 Å². The predicted octanol–water partition coefficient (Wildman–Crippen LogP) is 5.89. The van der Waals surface area contributed by atoms with Gasteiger partial charge in [-0.3, -0.25) is 4.55 Å². The summed E-state index contributed by atoms with van der Waals surface area (Å²) in [7, 11) is -5.22. The minimum absolute atomic E-state index is 0.0329. The Bertz CT molecular complexity index is 1190. The first kappa shape index (κ1) is 22.0. The fourth-order valence-electron chi connectivity index (χ4n) is 3.26. The molecule has 0 spiro atoms. The summed E-state index contributed by atoms with van der Waals surface area (Å²) in [5.74, 6) is -1.19. The number of phenolic OH excluding ortho intramolecular Hbond substituents is 2. The van der Waals surface area contributed by atoms with E-state index in [0.717, 1.165) is 6.07 Å². The number of aromatic hydroxyl groups is 2. The van der Waals surface area contributed by atoms with Gasteiger partial charge in [-0.05, 0) is 30.3 Å². The molecule has 0 aliphatic rings. The lowest BCUT2D eigenvalue weighted by molar-refractivity contribution is 0.428. The van der Waals surface area contributed by atoms with E-state index in [4.69, 9.17) is 46.4 Å². The number of hydrogen-bond acceptors (Lipinski definition) is 4. The van der Waals surface area contributed by atoms with Crippen molar-refractivity contribution in [2.45, 2.75) is 4.75 Å². The molecule has 3 aromatic rings. The van der Waals surface area contributed by atoms with E-state index >= 15 is 0 Å². The first-order valence-electron chi connectivity index (χ1n) is 7.90. The number of benzene rings is 3. The van der Waals surface area contributed by atoms with Gasteiger partial charge in [0, 0.05) is 31.8 Å². The third-order valence-corrected chi connectivity index (χ3v) is 6.95. The van der Waals surface area contributed by atoms with Gasteiger partial charge in [0.15, 0.2) is 4.75 Å². The Morgan fingerprint density at radius 1 is 0.759 bits per heavy atom. The molecule has 0 aromatic heterocycles. The van der Waals surface area contributed by atoms with Crippen LogP contribution in [0.3, 0.4) is 0 Å². The zero-order valence-corrected chi connectivity index (χ0v) is 18.1. The van der Waals surface area contributed by atoms with E-state index < -0.39 is 31.9 Å². The van der Waals surface area contributed by atoms with Crippen molar-refractivity contribution in [3.8, 4) is 11.5 Å². The minimum atomic E-state index is -5.22. The van der Waals surface area contributed by atoms with Crippen LogP contribution in [0.5, 0.6) is 11.5 Å². The van der Waals surface area contributed by atoms with Crippen LogP contribution in [0.1, 0.15) is 16.7 Å². The van der Waals surface area contributed by atoms with Gasteiger partial charge in [0.1, 0.15) is 11.5 Å². The zero-order chi connectivity index (χ0) is 21.6. The fourth-order valence-corrected chi connectivity index (χ4v) is 5.91. The molecule has 0 aliphatic heterocycles. The summed E-state index contributed by atoms with van der Waals surface area (Å²) in [5.41, 5.74) is -1.04. The Hall–Kier alpha value is -1.67. The van der Waals surface area contributed by atoms with Crippen LogP contribution in [0.25, 0.3) is 0 Å². The molecule has 0 heterocycles. The van der Waals surface area contributed by atoms with Gasteiger partial charge in [0.25, 0.3) is 10.1 Å². The summed E-state index contributed by atoms with van der Waals surface area (Å²) in [4.78, 5) is 0. The Labute approximate surface area is 186 Å². The second-order valence-electron chi connectivity index (χ2n) is 6.05. The number of rotatable bonds is 4. The van der Waals surface area contributed by atoms with E-state index in [2.05, 4.69) is 0 Å². The number of halogens is 4. The highest BCUT2D eigenvalue weighted by Crippen LogP contribution is 2.54. The molecular formula is C19H12Cl4O5S. The largest absolute Gasteiger partial charge is 0.508 e. The van der Waals surface area contributed by atoms with E-state index in [0.29, 0.717) is 0 Å². The molecule has 0 amide bonds. The Balaban J connectivity index is 2.71. The van der Waals surface area contributed by atoms with E-state index in [1.165, 1.54) is 48.5 Å². The van der Waals surface area contributed by atoms with Crippen molar-refractivity contribution < 1.29 is 23.2 Å². The third-order valence-electron chi connectivity index (χ3n) is 4.39. The maximum atomic E-state index is 13.0. The van der Waals surface area contributed by atoms with Crippen LogP contribution in [0.4, 0.5) is 0 Å². The quantitative estimate of drug-likeness (QED) is 0.311. The number of hydrogen-bond donors (Lipinski definition) is 3. The van der Waals surface area contributed by atoms with Gasteiger partial charge in [-0.25, -0.2) is 0 Å². The maximum Gasteiger partial charge on any atom is 0.283 e. The van der Waals surface area contributed by atoms with Gasteiger partial charge in [0.05, 0.1) is 5.02 Å². The third kappa shape index (κ3) is 3.54. The summed E-state index contributed by atoms with van der Waals surface area (Å²) in [6.45, 7) is 0. The van der Waals surface area contributed by atoms with Crippen molar-refractivity contribution in [3.05, 3.63) is 91.4 Å². The topological polar surface area (TPSA) is 94.8 Å². The standard InChI is InChI=1S/C19H12Cl4O5S/c20-10-8-12(18(25)15(23)9-10)19(29(26,27)28,11-4-1-2-7-16(11)24)17-13(21)5-3-6-14(17)22/h1-9,24-25H,(H,26,27,28). The fraction of sp³-hybridized carbons (Fsp3) is 0.0526. The van der Waals surface area contributed by atoms with Crippen LogP contribution in [0, 0.1) is 0 Å². The van der Waals surface area contributed by atoms with Crippen molar-refractivity contribution in [1.82, 2.24) is 0 Å². The van der Waals surface area contributed by atoms with Gasteiger partial charge < -0.3 is 10.2 Å². The first-order valence-corrected chi connectivity index (χ1v) is 10.9. The molecule has 1 unspecified atom stereocenters. The van der Waals surface area contributed by atoms with Gasteiger partial charge in [-0.1, -0.05) is 70.7 Å². The average Bonchev–Trinajstić information content (AvgIpc) is 2.61. The van der Waals surface area contributed by atoms with Crippen LogP contribution < -0.4 is 0 Å². The van der Waals surface area contributed by atoms with Gasteiger partial charge >= 0.3 is 0 Å². The number of para-hydroxylation sites is 1. The molecule has 3 aromatic carbocycles. The smallest absolute Gasteiger partial charge is 0.283 e. The molecule has 0 aliphatic carbocycles. The molecule has 3 rings (SSSR count). The molecular weight excluding hydrogens is 482 g/mol. The van der Waals surface area contributed by atoms with Crippen LogP contribution in [-0.2, 0) is 14.9 Å².